The molecule has 1 aliphatic heterocycles. The van der Waals surface area contributed by atoms with Crippen LogP contribution in [0.5, 0.6) is 0 Å². The molecule has 0 aromatic rings. The number of amides is 1. The number of nitrogens with zero attached hydrogens (tertiary/aromatic N) is 1. The van der Waals surface area contributed by atoms with Gasteiger partial charge in [-0.1, -0.05) is 15.9 Å². The van der Waals surface area contributed by atoms with E-state index in [0.717, 1.165) is 18.2 Å². The number of carbonyl (C=O) groups is 2. The minimum atomic E-state index is -0.991. The summed E-state index contributed by atoms with van der Waals surface area (Å²) in [6.07, 6.45) is 0.715. The molecule has 0 radical (unpaired) electrons. The molecule has 4 nitrogen and oxygen atoms in total. The standard InChI is InChI=1S/C8H12BrNO3/c9-3-1-2-6-4-10(8(12)13)5-7(6)11/h6H,1-5H2,(H,12,13). The van der Waals surface area contributed by atoms with Crippen LogP contribution >= 0.6 is 15.9 Å². The van der Waals surface area contributed by atoms with Crippen LogP contribution in [0.2, 0.25) is 0 Å². The van der Waals surface area contributed by atoms with Gasteiger partial charge in [0.05, 0.1) is 6.54 Å². The van der Waals surface area contributed by atoms with Gasteiger partial charge >= 0.3 is 6.09 Å². The molecule has 74 valence electrons. The van der Waals surface area contributed by atoms with Crippen molar-refractivity contribution >= 4 is 27.8 Å². The summed E-state index contributed by atoms with van der Waals surface area (Å²) in [6, 6.07) is 0. The normalized spacial score (nSPS) is 22.4. The van der Waals surface area contributed by atoms with Crippen LogP contribution in [0.1, 0.15) is 12.8 Å². The van der Waals surface area contributed by atoms with E-state index in [-0.39, 0.29) is 18.2 Å². The highest BCUT2D eigenvalue weighted by atomic mass is 79.9. The Morgan fingerprint density at radius 1 is 1.69 bits per heavy atom. The first-order chi connectivity index (χ1) is 6.15. The first kappa shape index (κ1) is 10.5. The Morgan fingerprint density at radius 2 is 2.38 bits per heavy atom. The molecule has 1 amide bonds. The number of hydrogen-bond donors (Lipinski definition) is 1. The highest BCUT2D eigenvalue weighted by Gasteiger charge is 2.32. The third kappa shape index (κ3) is 2.69. The molecule has 1 atom stereocenters. The van der Waals surface area contributed by atoms with Crippen molar-refractivity contribution in [3.63, 3.8) is 0 Å². The average molecular weight is 250 g/mol. The second-order valence-corrected chi connectivity index (χ2v) is 3.95. The lowest BCUT2D eigenvalue weighted by molar-refractivity contribution is -0.119. The highest BCUT2D eigenvalue weighted by molar-refractivity contribution is 9.09. The van der Waals surface area contributed by atoms with Gasteiger partial charge < -0.3 is 10.0 Å². The number of rotatable bonds is 3. The second kappa shape index (κ2) is 4.60. The quantitative estimate of drug-likeness (QED) is 0.769. The molecule has 0 aromatic heterocycles. The van der Waals surface area contributed by atoms with Crippen molar-refractivity contribution in [1.82, 2.24) is 4.90 Å². The maximum Gasteiger partial charge on any atom is 0.407 e. The Morgan fingerprint density at radius 3 is 2.85 bits per heavy atom. The zero-order chi connectivity index (χ0) is 9.84. The summed E-state index contributed by atoms with van der Waals surface area (Å²) in [6.45, 7) is 0.448. The Hall–Kier alpha value is -0.580. The van der Waals surface area contributed by atoms with E-state index in [1.807, 2.05) is 0 Å². The van der Waals surface area contributed by atoms with Crippen LogP contribution in [-0.2, 0) is 4.79 Å². The largest absolute Gasteiger partial charge is 0.465 e. The van der Waals surface area contributed by atoms with E-state index in [2.05, 4.69) is 15.9 Å². The number of carbonyl (C=O) groups excluding carboxylic acids is 1. The molecular weight excluding hydrogens is 238 g/mol. The van der Waals surface area contributed by atoms with Crippen LogP contribution < -0.4 is 0 Å². The van der Waals surface area contributed by atoms with Gasteiger partial charge in [0.2, 0.25) is 0 Å². The van der Waals surface area contributed by atoms with Gasteiger partial charge in [0.15, 0.2) is 5.78 Å². The van der Waals surface area contributed by atoms with Gasteiger partial charge in [-0.05, 0) is 12.8 Å². The Labute approximate surface area is 85.0 Å². The molecule has 1 unspecified atom stereocenters. The fraction of sp³-hybridized carbons (Fsp3) is 0.750. The van der Waals surface area contributed by atoms with Crippen LogP contribution in [0.4, 0.5) is 4.79 Å². The SMILES string of the molecule is O=C1CN(C(=O)O)CC1CCCBr. The summed E-state index contributed by atoms with van der Waals surface area (Å²) >= 11 is 3.28. The number of alkyl halides is 1. The van der Waals surface area contributed by atoms with Crippen molar-refractivity contribution in [3.05, 3.63) is 0 Å². The van der Waals surface area contributed by atoms with Crippen molar-refractivity contribution in [3.8, 4) is 0 Å². The van der Waals surface area contributed by atoms with Crippen LogP contribution in [-0.4, -0.2) is 40.3 Å². The lowest BCUT2D eigenvalue weighted by Gasteiger charge is -2.09. The van der Waals surface area contributed by atoms with Crippen molar-refractivity contribution in [2.75, 3.05) is 18.4 Å². The molecule has 0 bridgehead atoms. The third-order valence-corrected chi connectivity index (χ3v) is 2.76. The Balaban J connectivity index is 2.42. The minimum absolute atomic E-state index is 0.0587. The molecular formula is C8H12BrNO3. The number of ketones is 1. The van der Waals surface area contributed by atoms with Gasteiger partial charge in [-0.15, -0.1) is 0 Å². The van der Waals surface area contributed by atoms with Gasteiger partial charge in [-0.25, -0.2) is 4.79 Å². The van der Waals surface area contributed by atoms with Crippen molar-refractivity contribution in [1.29, 1.82) is 0 Å². The lowest BCUT2D eigenvalue weighted by atomic mass is 10.0. The van der Waals surface area contributed by atoms with Crippen molar-refractivity contribution < 1.29 is 14.7 Å². The number of hydrogen-bond acceptors (Lipinski definition) is 2. The van der Waals surface area contributed by atoms with E-state index in [9.17, 15) is 9.59 Å². The van der Waals surface area contributed by atoms with E-state index in [0.29, 0.717) is 6.54 Å². The number of likely N-dealkylation sites (tertiary alicyclic amines) is 1. The number of Topliss-reactive ketones (excluding diaryl/α,β-unsaturated/α-hetero) is 1. The summed E-state index contributed by atoms with van der Waals surface area (Å²) in [4.78, 5) is 23.0. The molecule has 1 aliphatic rings. The fourth-order valence-corrected chi connectivity index (χ4v) is 1.79. The molecule has 1 N–H and O–H groups in total. The summed E-state index contributed by atoms with van der Waals surface area (Å²) in [5.41, 5.74) is 0. The molecule has 13 heavy (non-hydrogen) atoms. The second-order valence-electron chi connectivity index (χ2n) is 3.16. The van der Waals surface area contributed by atoms with Gasteiger partial charge in [-0.3, -0.25) is 4.79 Å². The summed E-state index contributed by atoms with van der Waals surface area (Å²) < 4.78 is 0. The maximum absolute atomic E-state index is 11.3. The zero-order valence-electron chi connectivity index (χ0n) is 7.20. The van der Waals surface area contributed by atoms with Crippen LogP contribution in [0.15, 0.2) is 0 Å². The molecule has 0 aromatic carbocycles. The predicted molar refractivity (Wildman–Crippen MR) is 51.1 cm³/mol. The molecule has 1 fully saturated rings. The molecule has 1 heterocycles. The number of halogens is 1. The first-order valence-corrected chi connectivity index (χ1v) is 5.34. The lowest BCUT2D eigenvalue weighted by Crippen LogP contribution is -2.27. The van der Waals surface area contributed by atoms with Gasteiger partial charge in [0.25, 0.3) is 0 Å². The topological polar surface area (TPSA) is 57.6 Å². The van der Waals surface area contributed by atoms with E-state index in [1.54, 1.807) is 0 Å². The Bertz CT molecular complexity index is 219. The first-order valence-electron chi connectivity index (χ1n) is 4.21. The fourth-order valence-electron chi connectivity index (χ4n) is 1.47. The van der Waals surface area contributed by atoms with E-state index >= 15 is 0 Å². The molecule has 0 saturated carbocycles. The maximum atomic E-state index is 11.3. The molecule has 5 heteroatoms. The van der Waals surface area contributed by atoms with Gasteiger partial charge in [0, 0.05) is 17.8 Å². The monoisotopic (exact) mass is 249 g/mol. The van der Waals surface area contributed by atoms with Crippen LogP contribution in [0, 0.1) is 5.92 Å². The van der Waals surface area contributed by atoms with E-state index in [4.69, 9.17) is 5.11 Å². The van der Waals surface area contributed by atoms with Gasteiger partial charge in [-0.2, -0.15) is 0 Å². The highest BCUT2D eigenvalue weighted by Crippen LogP contribution is 2.18. The molecule has 0 aliphatic carbocycles. The Kier molecular flexibility index (Phi) is 3.71. The summed E-state index contributed by atoms with van der Waals surface area (Å²) in [5.74, 6) is -0.0167. The minimum Gasteiger partial charge on any atom is -0.465 e. The average Bonchev–Trinajstić information content (AvgIpc) is 2.44. The van der Waals surface area contributed by atoms with Crippen LogP contribution in [0.3, 0.4) is 0 Å². The molecule has 0 spiro atoms. The van der Waals surface area contributed by atoms with Crippen molar-refractivity contribution in [2.24, 2.45) is 5.92 Å². The van der Waals surface area contributed by atoms with E-state index in [1.165, 1.54) is 4.90 Å². The summed E-state index contributed by atoms with van der Waals surface area (Å²) in [5, 5.41) is 9.50. The van der Waals surface area contributed by atoms with Crippen LogP contribution in [0.25, 0.3) is 0 Å². The smallest absolute Gasteiger partial charge is 0.407 e. The molecule has 1 rings (SSSR count). The zero-order valence-corrected chi connectivity index (χ0v) is 8.79. The summed E-state index contributed by atoms with van der Waals surface area (Å²) in [7, 11) is 0. The van der Waals surface area contributed by atoms with Crippen molar-refractivity contribution in [2.45, 2.75) is 12.8 Å². The predicted octanol–water partition coefficient (Wildman–Crippen LogP) is 1.34. The molecule has 1 saturated heterocycles. The third-order valence-electron chi connectivity index (χ3n) is 2.20. The van der Waals surface area contributed by atoms with Gasteiger partial charge in [0.1, 0.15) is 0 Å². The van der Waals surface area contributed by atoms with E-state index < -0.39 is 6.09 Å². The number of carboxylic acid groups (broad SMARTS) is 1.